The molecule has 8 heteroatoms. The summed E-state index contributed by atoms with van der Waals surface area (Å²) >= 11 is 0. The number of anilines is 1. The van der Waals surface area contributed by atoms with Crippen LogP contribution in [-0.4, -0.2) is 48.9 Å². The summed E-state index contributed by atoms with van der Waals surface area (Å²) in [6, 6.07) is 8.53. The number of nitrogens with two attached hydrogens (primary N) is 1. The summed E-state index contributed by atoms with van der Waals surface area (Å²) in [7, 11) is 1.52. The van der Waals surface area contributed by atoms with Gasteiger partial charge in [-0.1, -0.05) is 12.1 Å². The summed E-state index contributed by atoms with van der Waals surface area (Å²) in [5.74, 6) is 0.757. The number of carbonyl (C=O) groups is 1. The number of morpholine rings is 1. The van der Waals surface area contributed by atoms with Crippen molar-refractivity contribution < 1.29 is 14.3 Å². The van der Waals surface area contributed by atoms with Crippen LogP contribution in [-0.2, 0) is 16.0 Å². The van der Waals surface area contributed by atoms with Crippen LogP contribution in [0.4, 0.5) is 5.82 Å². The summed E-state index contributed by atoms with van der Waals surface area (Å²) in [5.41, 5.74) is 5.59. The quantitative estimate of drug-likeness (QED) is 0.826. The Hall–Kier alpha value is -2.87. The van der Waals surface area contributed by atoms with Gasteiger partial charge < -0.3 is 20.1 Å². The Kier molecular flexibility index (Phi) is 4.99. The smallest absolute Gasteiger partial charge is 0.260 e. The number of hydrogen-bond donors (Lipinski definition) is 1. The topological polar surface area (TPSA) is 99.7 Å². The highest BCUT2D eigenvalue weighted by atomic mass is 16.5. The molecule has 0 bridgehead atoms. The summed E-state index contributed by atoms with van der Waals surface area (Å²) in [6.07, 6.45) is -0.147. The lowest BCUT2D eigenvalue weighted by molar-refractivity contribution is -0.117. The minimum Gasteiger partial charge on any atom is -0.495 e. The van der Waals surface area contributed by atoms with E-state index in [9.17, 15) is 9.59 Å². The van der Waals surface area contributed by atoms with Gasteiger partial charge in [-0.05, 0) is 12.1 Å². The minimum absolute atomic E-state index is 0.147. The maximum absolute atomic E-state index is 12.8. The van der Waals surface area contributed by atoms with Crippen molar-refractivity contribution in [1.29, 1.82) is 0 Å². The highest BCUT2D eigenvalue weighted by molar-refractivity contribution is 5.76. The van der Waals surface area contributed by atoms with Gasteiger partial charge in [-0.15, -0.1) is 0 Å². The van der Waals surface area contributed by atoms with Gasteiger partial charge in [-0.25, -0.2) is 4.98 Å². The summed E-state index contributed by atoms with van der Waals surface area (Å²) in [5, 5.41) is 0. The standard InChI is InChI=1S/C17H20N4O4/c1-24-13-5-3-2-4-12(13)21-16(10-14(18)22)19-15(11-17(21)23)20-6-8-25-9-7-20/h2-5,11H,6-10H2,1H3,(H2,18,22). The van der Waals surface area contributed by atoms with Gasteiger partial charge in [0.25, 0.3) is 5.56 Å². The lowest BCUT2D eigenvalue weighted by atomic mass is 10.2. The van der Waals surface area contributed by atoms with Crippen LogP contribution in [0.25, 0.3) is 5.69 Å². The third-order valence-electron chi connectivity index (χ3n) is 3.97. The molecule has 1 amide bonds. The third kappa shape index (κ3) is 3.63. The number of hydrogen-bond acceptors (Lipinski definition) is 6. The monoisotopic (exact) mass is 344 g/mol. The number of para-hydroxylation sites is 2. The van der Waals surface area contributed by atoms with Crippen molar-refractivity contribution in [3.8, 4) is 11.4 Å². The Morgan fingerprint density at radius 2 is 2.04 bits per heavy atom. The van der Waals surface area contributed by atoms with Gasteiger partial charge in [0.1, 0.15) is 17.4 Å². The van der Waals surface area contributed by atoms with Crippen LogP contribution in [0.3, 0.4) is 0 Å². The zero-order valence-corrected chi connectivity index (χ0v) is 14.0. The largest absolute Gasteiger partial charge is 0.495 e. The molecular weight excluding hydrogens is 324 g/mol. The van der Waals surface area contributed by atoms with Crippen molar-refractivity contribution in [3.63, 3.8) is 0 Å². The maximum atomic E-state index is 12.8. The van der Waals surface area contributed by atoms with Gasteiger partial charge in [0.2, 0.25) is 5.91 Å². The van der Waals surface area contributed by atoms with Crippen LogP contribution in [0, 0.1) is 0 Å². The molecule has 1 saturated heterocycles. The second-order valence-corrected chi connectivity index (χ2v) is 5.62. The average Bonchev–Trinajstić information content (AvgIpc) is 2.62. The normalized spacial score (nSPS) is 14.4. The van der Waals surface area contributed by atoms with Crippen molar-refractivity contribution >= 4 is 11.7 Å². The molecular formula is C17H20N4O4. The zero-order valence-electron chi connectivity index (χ0n) is 14.0. The van der Waals surface area contributed by atoms with E-state index in [1.54, 1.807) is 24.3 Å². The van der Waals surface area contributed by atoms with E-state index in [2.05, 4.69) is 4.98 Å². The van der Waals surface area contributed by atoms with Crippen molar-refractivity contribution in [3.05, 3.63) is 46.5 Å². The first-order valence-electron chi connectivity index (χ1n) is 7.97. The number of amides is 1. The lowest BCUT2D eigenvalue weighted by Crippen LogP contribution is -2.38. The minimum atomic E-state index is -0.560. The molecule has 2 heterocycles. The highest BCUT2D eigenvalue weighted by Gasteiger charge is 2.19. The van der Waals surface area contributed by atoms with E-state index >= 15 is 0 Å². The first-order valence-corrected chi connectivity index (χ1v) is 7.97. The molecule has 0 unspecified atom stereocenters. The van der Waals surface area contributed by atoms with Crippen LogP contribution in [0.2, 0.25) is 0 Å². The Balaban J connectivity index is 2.13. The molecule has 25 heavy (non-hydrogen) atoms. The third-order valence-corrected chi connectivity index (χ3v) is 3.97. The molecule has 132 valence electrons. The number of rotatable bonds is 5. The van der Waals surface area contributed by atoms with Gasteiger partial charge in [0.05, 0.1) is 32.4 Å². The Labute approximate surface area is 144 Å². The molecule has 3 rings (SSSR count). The van der Waals surface area contributed by atoms with Crippen molar-refractivity contribution in [2.45, 2.75) is 6.42 Å². The molecule has 8 nitrogen and oxygen atoms in total. The van der Waals surface area contributed by atoms with Gasteiger partial charge in [-0.2, -0.15) is 0 Å². The van der Waals surface area contributed by atoms with Gasteiger partial charge >= 0.3 is 0 Å². The van der Waals surface area contributed by atoms with E-state index in [1.807, 2.05) is 4.90 Å². The molecule has 2 N–H and O–H groups in total. The van der Waals surface area contributed by atoms with E-state index in [4.69, 9.17) is 15.2 Å². The fourth-order valence-corrected chi connectivity index (χ4v) is 2.82. The van der Waals surface area contributed by atoms with Crippen molar-refractivity contribution in [2.75, 3.05) is 38.3 Å². The highest BCUT2D eigenvalue weighted by Crippen LogP contribution is 2.23. The van der Waals surface area contributed by atoms with Gasteiger partial charge in [-0.3, -0.25) is 14.2 Å². The molecule has 1 aliphatic heterocycles. The van der Waals surface area contributed by atoms with Crippen LogP contribution in [0.1, 0.15) is 5.82 Å². The number of carbonyl (C=O) groups excluding carboxylic acids is 1. The molecule has 0 saturated carbocycles. The van der Waals surface area contributed by atoms with Gasteiger partial charge in [0, 0.05) is 19.2 Å². The van der Waals surface area contributed by atoms with E-state index < -0.39 is 5.91 Å². The molecule has 2 aromatic rings. The zero-order chi connectivity index (χ0) is 17.8. The van der Waals surface area contributed by atoms with Crippen LogP contribution in [0.5, 0.6) is 5.75 Å². The lowest BCUT2D eigenvalue weighted by Gasteiger charge is -2.28. The Morgan fingerprint density at radius 3 is 2.72 bits per heavy atom. The molecule has 1 aromatic heterocycles. The van der Waals surface area contributed by atoms with E-state index in [-0.39, 0.29) is 17.8 Å². The summed E-state index contributed by atoms with van der Waals surface area (Å²) < 4.78 is 12.0. The van der Waals surface area contributed by atoms with E-state index in [1.165, 1.54) is 17.7 Å². The van der Waals surface area contributed by atoms with Crippen molar-refractivity contribution in [1.82, 2.24) is 9.55 Å². The first kappa shape index (κ1) is 17.0. The average molecular weight is 344 g/mol. The fourth-order valence-electron chi connectivity index (χ4n) is 2.82. The number of benzene rings is 1. The van der Waals surface area contributed by atoms with E-state index in [0.717, 1.165) is 0 Å². The number of aromatic nitrogens is 2. The fraction of sp³-hybridized carbons (Fsp3) is 0.353. The second kappa shape index (κ2) is 7.35. The molecule has 1 aliphatic rings. The molecule has 0 aliphatic carbocycles. The molecule has 0 radical (unpaired) electrons. The number of nitrogens with zero attached hydrogens (tertiary/aromatic N) is 3. The Bertz CT molecular complexity index is 828. The maximum Gasteiger partial charge on any atom is 0.260 e. The number of primary amides is 1. The van der Waals surface area contributed by atoms with Crippen LogP contribution >= 0.6 is 0 Å². The van der Waals surface area contributed by atoms with Crippen LogP contribution in [0.15, 0.2) is 35.1 Å². The Morgan fingerprint density at radius 1 is 1.32 bits per heavy atom. The predicted octanol–water partition coefficient (Wildman–Crippen LogP) is 0.106. The second-order valence-electron chi connectivity index (χ2n) is 5.62. The summed E-state index contributed by atoms with van der Waals surface area (Å²) in [4.78, 5) is 30.8. The molecule has 0 spiro atoms. The number of ether oxygens (including phenoxy) is 2. The SMILES string of the molecule is COc1ccccc1-n1c(CC(N)=O)nc(N2CCOCC2)cc1=O. The molecule has 1 fully saturated rings. The van der Waals surface area contributed by atoms with Crippen molar-refractivity contribution in [2.24, 2.45) is 5.73 Å². The van der Waals surface area contributed by atoms with Gasteiger partial charge in [0.15, 0.2) is 0 Å². The number of methoxy groups -OCH3 is 1. The van der Waals surface area contributed by atoms with E-state index in [0.29, 0.717) is 43.6 Å². The van der Waals surface area contributed by atoms with Crippen LogP contribution < -0.4 is 20.9 Å². The molecule has 0 atom stereocenters. The summed E-state index contributed by atoms with van der Waals surface area (Å²) in [6.45, 7) is 2.42. The first-order chi connectivity index (χ1) is 12.1. The molecule has 1 aromatic carbocycles. The predicted molar refractivity (Wildman–Crippen MR) is 92.3 cm³/mol.